The fraction of sp³-hybridized carbons (Fsp3) is 0.412. The molecule has 3 rings (SSSR count). The van der Waals surface area contributed by atoms with Gasteiger partial charge < -0.3 is 0 Å². The van der Waals surface area contributed by atoms with Crippen LogP contribution in [-0.4, -0.2) is 36.1 Å². The van der Waals surface area contributed by atoms with Crippen LogP contribution in [0.1, 0.15) is 27.9 Å². The van der Waals surface area contributed by atoms with Gasteiger partial charge in [0, 0.05) is 31.5 Å². The van der Waals surface area contributed by atoms with Gasteiger partial charge in [-0.15, -0.1) is 0 Å². The SMILES string of the molecule is Cc1ccc(CN2CCc3c(nc(S(C)(=O)=O)[nH]c3=O)C2)cc1C. The van der Waals surface area contributed by atoms with E-state index in [2.05, 4.69) is 46.9 Å². The minimum absolute atomic E-state index is 0.251. The molecule has 7 heteroatoms. The quantitative estimate of drug-likeness (QED) is 0.848. The number of aryl methyl sites for hydroxylation is 2. The van der Waals surface area contributed by atoms with Gasteiger partial charge >= 0.3 is 0 Å². The molecule has 0 aliphatic carbocycles. The number of sulfone groups is 1. The molecule has 1 N–H and O–H groups in total. The smallest absolute Gasteiger partial charge is 0.255 e. The lowest BCUT2D eigenvalue weighted by molar-refractivity contribution is 0.239. The van der Waals surface area contributed by atoms with E-state index in [1.54, 1.807) is 0 Å². The first-order valence-corrected chi connectivity index (χ1v) is 9.74. The van der Waals surface area contributed by atoms with Crippen LogP contribution in [0.25, 0.3) is 0 Å². The predicted molar refractivity (Wildman–Crippen MR) is 91.7 cm³/mol. The van der Waals surface area contributed by atoms with E-state index in [9.17, 15) is 13.2 Å². The molecule has 0 unspecified atom stereocenters. The Morgan fingerprint density at radius 3 is 2.67 bits per heavy atom. The van der Waals surface area contributed by atoms with E-state index < -0.39 is 9.84 Å². The lowest BCUT2D eigenvalue weighted by atomic mass is 10.0. The van der Waals surface area contributed by atoms with Crippen molar-refractivity contribution in [1.82, 2.24) is 14.9 Å². The van der Waals surface area contributed by atoms with Crippen molar-refractivity contribution >= 4 is 9.84 Å². The molecule has 1 aliphatic rings. The van der Waals surface area contributed by atoms with Gasteiger partial charge in [0.15, 0.2) is 0 Å². The standard InChI is InChI=1S/C17H21N3O3S/c1-11-4-5-13(8-12(11)2)9-20-7-6-14-15(10-20)18-17(19-16(14)21)24(3,22)23/h4-5,8H,6-7,9-10H2,1-3H3,(H,18,19,21). The number of aromatic nitrogens is 2. The molecule has 0 spiro atoms. The number of rotatable bonds is 3. The van der Waals surface area contributed by atoms with Crippen molar-refractivity contribution < 1.29 is 8.42 Å². The number of hydrogen-bond acceptors (Lipinski definition) is 5. The van der Waals surface area contributed by atoms with Gasteiger partial charge in [0.25, 0.3) is 5.56 Å². The molecule has 128 valence electrons. The third kappa shape index (κ3) is 3.42. The summed E-state index contributed by atoms with van der Waals surface area (Å²) < 4.78 is 23.3. The first kappa shape index (κ1) is 16.9. The summed E-state index contributed by atoms with van der Waals surface area (Å²) in [6, 6.07) is 6.37. The highest BCUT2D eigenvalue weighted by Crippen LogP contribution is 2.18. The van der Waals surface area contributed by atoms with Crippen LogP contribution in [0.5, 0.6) is 0 Å². The van der Waals surface area contributed by atoms with Crippen molar-refractivity contribution in [3.63, 3.8) is 0 Å². The van der Waals surface area contributed by atoms with Gasteiger partial charge in [-0.3, -0.25) is 14.7 Å². The Morgan fingerprint density at radius 2 is 2.00 bits per heavy atom. The lowest BCUT2D eigenvalue weighted by Gasteiger charge is -2.27. The van der Waals surface area contributed by atoms with E-state index in [1.807, 2.05) is 0 Å². The zero-order chi connectivity index (χ0) is 17.5. The molecule has 0 amide bonds. The molecule has 1 aromatic carbocycles. The van der Waals surface area contributed by atoms with Crippen molar-refractivity contribution in [2.45, 2.75) is 38.5 Å². The molecule has 0 fully saturated rings. The molecular weight excluding hydrogens is 326 g/mol. The van der Waals surface area contributed by atoms with Crippen LogP contribution in [0.4, 0.5) is 0 Å². The maximum absolute atomic E-state index is 12.1. The molecule has 0 radical (unpaired) electrons. The van der Waals surface area contributed by atoms with E-state index in [0.29, 0.717) is 24.2 Å². The Labute approximate surface area is 141 Å². The topological polar surface area (TPSA) is 83.1 Å². The van der Waals surface area contributed by atoms with Gasteiger partial charge in [-0.2, -0.15) is 0 Å². The Hall–Kier alpha value is -1.99. The van der Waals surface area contributed by atoms with Crippen molar-refractivity contribution in [2.24, 2.45) is 0 Å². The van der Waals surface area contributed by atoms with Crippen molar-refractivity contribution in [3.05, 3.63) is 56.5 Å². The summed E-state index contributed by atoms with van der Waals surface area (Å²) in [6.07, 6.45) is 1.62. The van der Waals surface area contributed by atoms with E-state index in [0.717, 1.165) is 19.3 Å². The van der Waals surface area contributed by atoms with Gasteiger partial charge in [-0.05, 0) is 37.0 Å². The number of nitrogens with zero attached hydrogens (tertiary/aromatic N) is 2. The highest BCUT2D eigenvalue weighted by Gasteiger charge is 2.23. The van der Waals surface area contributed by atoms with Crippen LogP contribution in [0, 0.1) is 13.8 Å². The highest BCUT2D eigenvalue weighted by molar-refractivity contribution is 7.90. The monoisotopic (exact) mass is 347 g/mol. The third-order valence-electron chi connectivity index (χ3n) is 4.46. The highest BCUT2D eigenvalue weighted by atomic mass is 32.2. The van der Waals surface area contributed by atoms with E-state index in [-0.39, 0.29) is 10.7 Å². The zero-order valence-electron chi connectivity index (χ0n) is 14.1. The van der Waals surface area contributed by atoms with Crippen molar-refractivity contribution in [2.75, 3.05) is 12.8 Å². The zero-order valence-corrected chi connectivity index (χ0v) is 14.9. The summed E-state index contributed by atoms with van der Waals surface area (Å²) in [4.78, 5) is 20.8. The second-order valence-electron chi connectivity index (χ2n) is 6.45. The van der Waals surface area contributed by atoms with Crippen LogP contribution in [0.3, 0.4) is 0 Å². The molecule has 2 heterocycles. The lowest BCUT2D eigenvalue weighted by Crippen LogP contribution is -2.35. The summed E-state index contributed by atoms with van der Waals surface area (Å²) in [5.74, 6) is 0. The summed E-state index contributed by atoms with van der Waals surface area (Å²) >= 11 is 0. The van der Waals surface area contributed by atoms with Crippen LogP contribution < -0.4 is 5.56 Å². The first-order chi connectivity index (χ1) is 11.2. The normalized spacial score (nSPS) is 15.3. The van der Waals surface area contributed by atoms with E-state index >= 15 is 0 Å². The molecule has 24 heavy (non-hydrogen) atoms. The number of benzene rings is 1. The average Bonchev–Trinajstić information content (AvgIpc) is 2.50. The summed E-state index contributed by atoms with van der Waals surface area (Å²) in [5, 5.41) is -0.251. The molecule has 0 bridgehead atoms. The second-order valence-corrected chi connectivity index (χ2v) is 8.38. The maximum Gasteiger partial charge on any atom is 0.255 e. The average molecular weight is 347 g/mol. The van der Waals surface area contributed by atoms with Crippen LogP contribution in [0.15, 0.2) is 28.2 Å². The Morgan fingerprint density at radius 1 is 1.25 bits per heavy atom. The predicted octanol–water partition coefficient (Wildman–Crippen LogP) is 1.35. The van der Waals surface area contributed by atoms with Crippen LogP contribution >= 0.6 is 0 Å². The summed E-state index contributed by atoms with van der Waals surface area (Å²) in [6.45, 7) is 6.16. The first-order valence-electron chi connectivity index (χ1n) is 7.84. The third-order valence-corrected chi connectivity index (χ3v) is 5.36. The summed E-state index contributed by atoms with van der Waals surface area (Å²) in [5.41, 5.74) is 4.53. The number of H-pyrrole nitrogens is 1. The Bertz CT molecular complexity index is 948. The minimum Gasteiger partial charge on any atom is -0.297 e. The number of nitrogens with one attached hydrogen (secondary N) is 1. The van der Waals surface area contributed by atoms with Crippen LogP contribution in [-0.2, 0) is 29.3 Å². The molecular formula is C17H21N3O3S. The molecule has 0 saturated heterocycles. The van der Waals surface area contributed by atoms with Gasteiger partial charge in [0.05, 0.1) is 5.69 Å². The summed E-state index contributed by atoms with van der Waals surface area (Å²) in [7, 11) is -3.53. The van der Waals surface area contributed by atoms with Crippen LogP contribution in [0.2, 0.25) is 0 Å². The van der Waals surface area contributed by atoms with E-state index in [4.69, 9.17) is 0 Å². The van der Waals surface area contributed by atoms with Gasteiger partial charge in [0.1, 0.15) is 0 Å². The van der Waals surface area contributed by atoms with Gasteiger partial charge in [-0.1, -0.05) is 18.2 Å². The molecule has 0 saturated carbocycles. The molecule has 1 aliphatic heterocycles. The molecule has 1 aromatic heterocycles. The molecule has 6 nitrogen and oxygen atoms in total. The second kappa shape index (κ2) is 6.14. The Balaban J connectivity index is 1.87. The largest absolute Gasteiger partial charge is 0.297 e. The van der Waals surface area contributed by atoms with E-state index in [1.165, 1.54) is 16.7 Å². The van der Waals surface area contributed by atoms with Gasteiger partial charge in [-0.25, -0.2) is 13.4 Å². The van der Waals surface area contributed by atoms with Crippen molar-refractivity contribution in [1.29, 1.82) is 0 Å². The number of fused-ring (bicyclic) bond motifs is 1. The Kier molecular flexibility index (Phi) is 4.31. The molecule has 2 aromatic rings. The molecule has 0 atom stereocenters. The fourth-order valence-electron chi connectivity index (χ4n) is 2.94. The van der Waals surface area contributed by atoms with Gasteiger partial charge in [0.2, 0.25) is 15.0 Å². The minimum atomic E-state index is -3.53. The fourth-order valence-corrected chi connectivity index (χ4v) is 3.50. The number of aromatic amines is 1. The number of hydrogen-bond donors (Lipinski definition) is 1. The maximum atomic E-state index is 12.1. The van der Waals surface area contributed by atoms with Crippen molar-refractivity contribution in [3.8, 4) is 0 Å².